The van der Waals surface area contributed by atoms with Crippen LogP contribution in [0.1, 0.15) is 24.0 Å². The predicted molar refractivity (Wildman–Crippen MR) is 114 cm³/mol. The van der Waals surface area contributed by atoms with Crippen molar-refractivity contribution in [3.63, 3.8) is 0 Å². The van der Waals surface area contributed by atoms with Gasteiger partial charge in [0.2, 0.25) is 15.9 Å². The first kappa shape index (κ1) is 20.2. The summed E-state index contributed by atoms with van der Waals surface area (Å²) in [6, 6.07) is 13.1. The molecule has 2 aromatic heterocycles. The van der Waals surface area contributed by atoms with E-state index >= 15 is 0 Å². The lowest BCUT2D eigenvalue weighted by molar-refractivity contribution is 0.129. The van der Waals surface area contributed by atoms with E-state index in [9.17, 15) is 8.42 Å². The van der Waals surface area contributed by atoms with Gasteiger partial charge in [-0.1, -0.05) is 29.8 Å². The summed E-state index contributed by atoms with van der Waals surface area (Å²) in [4.78, 5) is 0. The average molecular weight is 426 g/mol. The normalized spacial score (nSPS) is 16.2. The highest BCUT2D eigenvalue weighted by Crippen LogP contribution is 2.20. The van der Waals surface area contributed by atoms with Crippen LogP contribution in [0.4, 0.5) is 0 Å². The van der Waals surface area contributed by atoms with Crippen LogP contribution in [-0.2, 0) is 10.0 Å². The second-order valence-corrected chi connectivity index (χ2v) is 8.97. The van der Waals surface area contributed by atoms with Crippen molar-refractivity contribution in [1.82, 2.24) is 24.3 Å². The SMILES string of the molecule is Cc1ccc(/C=C/S(=O)(=O)N2CCC(Oc3ccc(-n4cccn4)nn3)CC2)cc1. The molecule has 1 saturated heterocycles. The van der Waals surface area contributed by atoms with Crippen molar-refractivity contribution in [2.75, 3.05) is 13.1 Å². The smallest absolute Gasteiger partial charge is 0.236 e. The van der Waals surface area contributed by atoms with Crippen molar-refractivity contribution in [2.45, 2.75) is 25.9 Å². The molecule has 0 unspecified atom stereocenters. The summed E-state index contributed by atoms with van der Waals surface area (Å²) in [5.41, 5.74) is 2.00. The van der Waals surface area contributed by atoms with E-state index in [0.29, 0.717) is 37.6 Å². The fourth-order valence-electron chi connectivity index (χ4n) is 3.21. The van der Waals surface area contributed by atoms with Gasteiger partial charge < -0.3 is 4.74 Å². The van der Waals surface area contributed by atoms with E-state index in [0.717, 1.165) is 11.1 Å². The van der Waals surface area contributed by atoms with E-state index in [1.165, 1.54) is 9.71 Å². The summed E-state index contributed by atoms with van der Waals surface area (Å²) in [7, 11) is -3.46. The molecule has 3 heterocycles. The molecule has 1 aromatic carbocycles. The monoisotopic (exact) mass is 425 g/mol. The van der Waals surface area contributed by atoms with Crippen LogP contribution in [0.3, 0.4) is 0 Å². The van der Waals surface area contributed by atoms with Gasteiger partial charge in [-0.25, -0.2) is 13.1 Å². The minimum absolute atomic E-state index is 0.0950. The standard InChI is InChI=1S/C21H23N5O3S/c1-17-3-5-18(6-4-17)11-16-30(27,28)25-14-9-19(10-15-25)29-21-8-7-20(23-24-21)26-13-2-12-22-26/h2-8,11-13,16,19H,9-10,14-15H2,1H3/b16-11+. The van der Waals surface area contributed by atoms with Gasteiger partial charge in [0.1, 0.15) is 6.10 Å². The Balaban J connectivity index is 1.31. The molecule has 0 saturated carbocycles. The van der Waals surface area contributed by atoms with Crippen molar-refractivity contribution >= 4 is 16.1 Å². The molecule has 0 radical (unpaired) electrons. The largest absolute Gasteiger partial charge is 0.473 e. The molecule has 1 aliphatic rings. The van der Waals surface area contributed by atoms with Gasteiger partial charge in [0.15, 0.2) is 5.82 Å². The molecule has 0 N–H and O–H groups in total. The van der Waals surface area contributed by atoms with Crippen molar-refractivity contribution in [1.29, 1.82) is 0 Å². The Labute approximate surface area is 175 Å². The number of benzene rings is 1. The second kappa shape index (κ2) is 8.76. The fraction of sp³-hybridized carbons (Fsp3) is 0.286. The van der Waals surface area contributed by atoms with Gasteiger partial charge in [-0.2, -0.15) is 9.40 Å². The van der Waals surface area contributed by atoms with E-state index in [4.69, 9.17) is 4.74 Å². The summed E-state index contributed by atoms with van der Waals surface area (Å²) >= 11 is 0. The minimum Gasteiger partial charge on any atom is -0.473 e. The molecule has 9 heteroatoms. The maximum atomic E-state index is 12.6. The van der Waals surface area contributed by atoms with E-state index in [2.05, 4.69) is 15.3 Å². The van der Waals surface area contributed by atoms with E-state index < -0.39 is 10.0 Å². The number of nitrogens with zero attached hydrogens (tertiary/aromatic N) is 5. The Kier molecular flexibility index (Phi) is 5.91. The molecule has 0 atom stereocenters. The topological polar surface area (TPSA) is 90.2 Å². The van der Waals surface area contributed by atoms with Crippen LogP contribution in [-0.4, -0.2) is 51.9 Å². The van der Waals surface area contributed by atoms with E-state index in [1.807, 2.05) is 37.3 Å². The summed E-state index contributed by atoms with van der Waals surface area (Å²) in [5, 5.41) is 13.6. The van der Waals surface area contributed by atoms with Gasteiger partial charge in [-0.15, -0.1) is 10.2 Å². The number of ether oxygens (including phenoxy) is 1. The van der Waals surface area contributed by atoms with Crippen LogP contribution < -0.4 is 4.74 Å². The molecule has 0 spiro atoms. The number of aryl methyl sites for hydroxylation is 1. The highest BCUT2D eigenvalue weighted by Gasteiger charge is 2.27. The third-order valence-electron chi connectivity index (χ3n) is 4.92. The first-order valence-electron chi connectivity index (χ1n) is 9.75. The maximum Gasteiger partial charge on any atom is 0.236 e. The quantitative estimate of drug-likeness (QED) is 0.603. The van der Waals surface area contributed by atoms with E-state index in [1.54, 1.807) is 35.3 Å². The summed E-state index contributed by atoms with van der Waals surface area (Å²) in [6.07, 6.45) is 6.19. The van der Waals surface area contributed by atoms with Crippen LogP contribution in [0, 0.1) is 6.92 Å². The molecule has 4 rings (SSSR count). The lowest BCUT2D eigenvalue weighted by Gasteiger charge is -2.30. The molecular formula is C21H23N5O3S. The van der Waals surface area contributed by atoms with Gasteiger partial charge in [-0.3, -0.25) is 0 Å². The third-order valence-corrected chi connectivity index (χ3v) is 6.49. The number of hydrogen-bond acceptors (Lipinski definition) is 6. The lowest BCUT2D eigenvalue weighted by atomic mass is 10.1. The zero-order chi connectivity index (χ0) is 21.0. The molecule has 30 heavy (non-hydrogen) atoms. The highest BCUT2D eigenvalue weighted by molar-refractivity contribution is 7.92. The van der Waals surface area contributed by atoms with Crippen LogP contribution in [0.2, 0.25) is 0 Å². The van der Waals surface area contributed by atoms with Crippen molar-refractivity contribution < 1.29 is 13.2 Å². The van der Waals surface area contributed by atoms with Gasteiger partial charge in [0.05, 0.1) is 0 Å². The Morgan fingerprint density at radius 2 is 1.83 bits per heavy atom. The molecule has 156 valence electrons. The van der Waals surface area contributed by atoms with Gasteiger partial charge in [0, 0.05) is 37.0 Å². The second-order valence-electron chi connectivity index (χ2n) is 7.16. The Morgan fingerprint density at radius 1 is 1.07 bits per heavy atom. The van der Waals surface area contributed by atoms with Gasteiger partial charge in [0.25, 0.3) is 0 Å². The number of piperidine rings is 1. The van der Waals surface area contributed by atoms with Crippen LogP contribution in [0.15, 0.2) is 60.3 Å². The summed E-state index contributed by atoms with van der Waals surface area (Å²) in [6.45, 7) is 2.81. The fourth-order valence-corrected chi connectivity index (χ4v) is 4.43. The first-order chi connectivity index (χ1) is 14.5. The van der Waals surface area contributed by atoms with Crippen LogP contribution >= 0.6 is 0 Å². The predicted octanol–water partition coefficient (Wildman–Crippen LogP) is 2.81. The zero-order valence-corrected chi connectivity index (χ0v) is 17.4. The summed E-state index contributed by atoms with van der Waals surface area (Å²) in [5.74, 6) is 1.03. The molecule has 3 aromatic rings. The highest BCUT2D eigenvalue weighted by atomic mass is 32.2. The number of sulfonamides is 1. The molecular weight excluding hydrogens is 402 g/mol. The Bertz CT molecular complexity index is 1090. The zero-order valence-electron chi connectivity index (χ0n) is 16.6. The average Bonchev–Trinajstić information content (AvgIpc) is 3.29. The van der Waals surface area contributed by atoms with E-state index in [-0.39, 0.29) is 6.10 Å². The van der Waals surface area contributed by atoms with Crippen LogP contribution in [0.25, 0.3) is 11.9 Å². The molecule has 8 nitrogen and oxygen atoms in total. The van der Waals surface area contributed by atoms with Crippen molar-refractivity contribution in [3.8, 4) is 11.7 Å². The number of rotatable bonds is 6. The lowest BCUT2D eigenvalue weighted by Crippen LogP contribution is -2.41. The van der Waals surface area contributed by atoms with Gasteiger partial charge >= 0.3 is 0 Å². The molecule has 0 amide bonds. The minimum atomic E-state index is -3.46. The summed E-state index contributed by atoms with van der Waals surface area (Å²) < 4.78 is 34.2. The molecule has 0 aliphatic carbocycles. The number of aromatic nitrogens is 4. The molecule has 1 aliphatic heterocycles. The van der Waals surface area contributed by atoms with Crippen molar-refractivity contribution in [3.05, 3.63) is 71.4 Å². The van der Waals surface area contributed by atoms with Gasteiger partial charge in [-0.05, 0) is 43.5 Å². The number of hydrogen-bond donors (Lipinski definition) is 0. The third kappa shape index (κ3) is 4.92. The maximum absolute atomic E-state index is 12.6. The Morgan fingerprint density at radius 3 is 2.47 bits per heavy atom. The molecule has 1 fully saturated rings. The Hall–Kier alpha value is -3.04. The molecule has 0 bridgehead atoms. The first-order valence-corrected chi connectivity index (χ1v) is 11.3. The van der Waals surface area contributed by atoms with Crippen molar-refractivity contribution in [2.24, 2.45) is 0 Å². The van der Waals surface area contributed by atoms with Crippen LogP contribution in [0.5, 0.6) is 5.88 Å².